The molecule has 2 aliphatic rings. The highest BCUT2D eigenvalue weighted by Gasteiger charge is 2.48. The summed E-state index contributed by atoms with van der Waals surface area (Å²) in [7, 11) is 1.59. The number of carbonyl (C=O) groups is 2. The van der Waals surface area contributed by atoms with Crippen molar-refractivity contribution < 1.29 is 28.9 Å². The molecule has 3 atom stereocenters. The second-order valence-corrected chi connectivity index (χ2v) is 9.61. The van der Waals surface area contributed by atoms with Gasteiger partial charge in [-0.1, -0.05) is 31.5 Å². The van der Waals surface area contributed by atoms with Crippen molar-refractivity contribution in [2.24, 2.45) is 11.7 Å². The van der Waals surface area contributed by atoms with Gasteiger partial charge in [0.1, 0.15) is 5.75 Å². The first-order valence-corrected chi connectivity index (χ1v) is 12.9. The number of carbonyl (C=O) groups excluding carboxylic acids is 1. The van der Waals surface area contributed by atoms with Crippen LogP contribution in [0.1, 0.15) is 49.3 Å². The third-order valence-corrected chi connectivity index (χ3v) is 7.27. The minimum absolute atomic E-state index is 0.00381. The molecule has 2 heterocycles. The molecular weight excluding hydrogens is 474 g/mol. The van der Waals surface area contributed by atoms with E-state index in [9.17, 15) is 14.7 Å². The Kier molecular flexibility index (Phi) is 8.89. The molecule has 2 aromatic carbocycles. The number of rotatable bonds is 12. The lowest BCUT2D eigenvalue weighted by Gasteiger charge is -2.30. The highest BCUT2D eigenvalue weighted by molar-refractivity contribution is 5.79. The van der Waals surface area contributed by atoms with E-state index >= 15 is 0 Å². The highest BCUT2D eigenvalue weighted by Crippen LogP contribution is 2.47. The van der Waals surface area contributed by atoms with E-state index in [1.807, 2.05) is 52.3 Å². The van der Waals surface area contributed by atoms with Crippen LogP contribution in [0.5, 0.6) is 17.2 Å². The summed E-state index contributed by atoms with van der Waals surface area (Å²) in [5.41, 5.74) is 7.42. The van der Waals surface area contributed by atoms with Crippen LogP contribution in [0.2, 0.25) is 0 Å². The Balaban J connectivity index is 1.67. The maximum atomic E-state index is 13.5. The average Bonchev–Trinajstić information content (AvgIpc) is 3.53. The third kappa shape index (κ3) is 5.99. The molecule has 2 aromatic rings. The van der Waals surface area contributed by atoms with Crippen molar-refractivity contribution in [3.63, 3.8) is 0 Å². The first-order valence-electron chi connectivity index (χ1n) is 12.9. The molecule has 0 bridgehead atoms. The fraction of sp³-hybridized carbons (Fsp3) is 0.500. The Morgan fingerprint density at radius 3 is 2.46 bits per heavy atom. The summed E-state index contributed by atoms with van der Waals surface area (Å²) < 4.78 is 16.3. The quantitative estimate of drug-likeness (QED) is 0.446. The Bertz CT molecular complexity index is 1070. The summed E-state index contributed by atoms with van der Waals surface area (Å²) in [5.74, 6) is -0.0327. The Morgan fingerprint density at radius 1 is 1.08 bits per heavy atom. The largest absolute Gasteiger partial charge is 0.497 e. The maximum Gasteiger partial charge on any atom is 0.309 e. The number of aliphatic carboxylic acids is 1. The summed E-state index contributed by atoms with van der Waals surface area (Å²) in [6, 6.07) is 12.6. The standard InChI is InChI=1S/C28H37N3O6/c1-3-4-13-30(14-5-12-29)25(32)17-31-16-22(20-8-11-23-24(15-20)37-18-36-23)26(28(33)34)27(31)19-6-9-21(35-2)10-7-19/h6-11,15,22,26-27H,3-5,12-14,16-18,29H2,1-2H3,(H,33,34). The summed E-state index contributed by atoms with van der Waals surface area (Å²) in [6.45, 7) is 4.60. The molecule has 3 unspecified atom stereocenters. The molecule has 37 heavy (non-hydrogen) atoms. The second-order valence-electron chi connectivity index (χ2n) is 9.61. The van der Waals surface area contributed by atoms with Crippen LogP contribution in [0.15, 0.2) is 42.5 Å². The Morgan fingerprint density at radius 2 is 1.78 bits per heavy atom. The highest BCUT2D eigenvalue weighted by atomic mass is 16.7. The van der Waals surface area contributed by atoms with E-state index in [0.717, 1.165) is 30.4 Å². The zero-order chi connectivity index (χ0) is 26.4. The molecule has 0 radical (unpaired) electrons. The summed E-state index contributed by atoms with van der Waals surface area (Å²) in [5, 5.41) is 10.4. The normalized spacial score (nSPS) is 20.7. The number of hydrogen-bond donors (Lipinski definition) is 2. The molecule has 200 valence electrons. The van der Waals surface area contributed by atoms with Crippen molar-refractivity contribution in [2.75, 3.05) is 46.6 Å². The molecule has 4 rings (SSSR count). The van der Waals surface area contributed by atoms with Crippen LogP contribution in [0.3, 0.4) is 0 Å². The lowest BCUT2D eigenvalue weighted by atomic mass is 9.82. The molecule has 2 aliphatic heterocycles. The minimum Gasteiger partial charge on any atom is -0.497 e. The van der Waals surface area contributed by atoms with Crippen molar-refractivity contribution in [3.8, 4) is 17.2 Å². The third-order valence-electron chi connectivity index (χ3n) is 7.27. The first-order chi connectivity index (χ1) is 18.0. The molecule has 0 spiro atoms. The van der Waals surface area contributed by atoms with Crippen LogP contribution < -0.4 is 19.9 Å². The Labute approximate surface area is 218 Å². The van der Waals surface area contributed by atoms with Crippen molar-refractivity contribution in [1.29, 1.82) is 0 Å². The van der Waals surface area contributed by atoms with Gasteiger partial charge in [-0.2, -0.15) is 0 Å². The van der Waals surface area contributed by atoms with Crippen molar-refractivity contribution in [3.05, 3.63) is 53.6 Å². The number of carboxylic acids is 1. The van der Waals surface area contributed by atoms with E-state index in [2.05, 4.69) is 6.92 Å². The number of carboxylic acid groups (broad SMARTS) is 1. The fourth-order valence-corrected chi connectivity index (χ4v) is 5.34. The van der Waals surface area contributed by atoms with Gasteiger partial charge in [0.05, 0.1) is 19.6 Å². The average molecular weight is 512 g/mol. The predicted molar refractivity (Wildman–Crippen MR) is 139 cm³/mol. The number of methoxy groups -OCH3 is 1. The van der Waals surface area contributed by atoms with Crippen LogP contribution in [-0.4, -0.2) is 73.4 Å². The number of benzene rings is 2. The van der Waals surface area contributed by atoms with Gasteiger partial charge in [0.25, 0.3) is 0 Å². The van der Waals surface area contributed by atoms with Crippen molar-refractivity contribution in [1.82, 2.24) is 9.80 Å². The van der Waals surface area contributed by atoms with Crippen LogP contribution in [0, 0.1) is 5.92 Å². The van der Waals surface area contributed by atoms with E-state index in [4.69, 9.17) is 19.9 Å². The number of nitrogens with two attached hydrogens (primary N) is 1. The summed E-state index contributed by atoms with van der Waals surface area (Å²) in [4.78, 5) is 30.1. The maximum absolute atomic E-state index is 13.5. The molecular formula is C28H37N3O6. The van der Waals surface area contributed by atoms with Crippen LogP contribution in [-0.2, 0) is 9.59 Å². The van der Waals surface area contributed by atoms with E-state index in [1.165, 1.54) is 0 Å². The van der Waals surface area contributed by atoms with Gasteiger partial charge in [-0.15, -0.1) is 0 Å². The molecule has 1 fully saturated rings. The van der Waals surface area contributed by atoms with Crippen LogP contribution in [0.25, 0.3) is 0 Å². The van der Waals surface area contributed by atoms with Gasteiger partial charge in [-0.3, -0.25) is 14.5 Å². The number of hydrogen-bond acceptors (Lipinski definition) is 7. The molecule has 3 N–H and O–H groups in total. The smallest absolute Gasteiger partial charge is 0.309 e. The van der Waals surface area contributed by atoms with Gasteiger partial charge in [0.15, 0.2) is 11.5 Å². The monoisotopic (exact) mass is 511 g/mol. The van der Waals surface area contributed by atoms with E-state index in [0.29, 0.717) is 43.4 Å². The van der Waals surface area contributed by atoms with Crippen LogP contribution in [0.4, 0.5) is 0 Å². The van der Waals surface area contributed by atoms with E-state index < -0.39 is 17.9 Å². The minimum atomic E-state index is -0.899. The molecule has 1 saturated heterocycles. The number of ether oxygens (including phenoxy) is 3. The fourth-order valence-electron chi connectivity index (χ4n) is 5.34. The number of fused-ring (bicyclic) bond motifs is 1. The number of amides is 1. The lowest BCUT2D eigenvalue weighted by Crippen LogP contribution is -2.42. The Hall–Kier alpha value is -3.30. The van der Waals surface area contributed by atoms with E-state index in [1.54, 1.807) is 7.11 Å². The second kappa shape index (κ2) is 12.3. The van der Waals surface area contributed by atoms with Gasteiger partial charge >= 0.3 is 5.97 Å². The topological polar surface area (TPSA) is 115 Å². The molecule has 0 aliphatic carbocycles. The summed E-state index contributed by atoms with van der Waals surface area (Å²) >= 11 is 0. The molecule has 9 heteroatoms. The van der Waals surface area contributed by atoms with Gasteiger partial charge in [-0.05, 0) is 54.8 Å². The van der Waals surface area contributed by atoms with Crippen molar-refractivity contribution in [2.45, 2.75) is 38.1 Å². The van der Waals surface area contributed by atoms with Crippen molar-refractivity contribution >= 4 is 11.9 Å². The number of unbranched alkanes of at least 4 members (excludes halogenated alkanes) is 1. The predicted octanol–water partition coefficient (Wildman–Crippen LogP) is 3.24. The van der Waals surface area contributed by atoms with Gasteiger partial charge in [0.2, 0.25) is 12.7 Å². The molecule has 0 saturated carbocycles. The van der Waals surface area contributed by atoms with Gasteiger partial charge in [-0.25, -0.2) is 0 Å². The summed E-state index contributed by atoms with van der Waals surface area (Å²) in [6.07, 6.45) is 2.63. The zero-order valence-electron chi connectivity index (χ0n) is 21.6. The number of likely N-dealkylation sites (tertiary alicyclic amines) is 1. The van der Waals surface area contributed by atoms with Gasteiger partial charge < -0.3 is 30.0 Å². The van der Waals surface area contributed by atoms with E-state index in [-0.39, 0.29) is 25.2 Å². The molecule has 9 nitrogen and oxygen atoms in total. The van der Waals surface area contributed by atoms with Gasteiger partial charge in [0, 0.05) is 31.6 Å². The van der Waals surface area contributed by atoms with Crippen LogP contribution >= 0.6 is 0 Å². The number of nitrogens with zero attached hydrogens (tertiary/aromatic N) is 2. The zero-order valence-corrected chi connectivity index (χ0v) is 21.6. The first kappa shape index (κ1) is 26.8. The molecule has 0 aromatic heterocycles. The molecule has 1 amide bonds. The lowest BCUT2D eigenvalue weighted by molar-refractivity contribution is -0.144. The SMILES string of the molecule is CCCCN(CCCN)C(=O)CN1CC(c2ccc3c(c2)OCO3)C(C(=O)O)C1c1ccc(OC)cc1.